The number of carbonyl (C=O) groups excluding carboxylic acids is 2. The van der Waals surface area contributed by atoms with E-state index in [1.54, 1.807) is 7.05 Å². The van der Waals surface area contributed by atoms with Crippen molar-refractivity contribution < 1.29 is 9.59 Å². The van der Waals surface area contributed by atoms with Crippen LogP contribution in [0.1, 0.15) is 0 Å². The van der Waals surface area contributed by atoms with Crippen LogP contribution in [0.25, 0.3) is 0 Å². The smallest absolute Gasteiger partial charge is 0.240 e. The molecule has 7 heteroatoms. The maximum atomic E-state index is 11.4. The van der Waals surface area contributed by atoms with Gasteiger partial charge in [-0.15, -0.1) is 0 Å². The predicted octanol–water partition coefficient (Wildman–Crippen LogP) is -1.60. The van der Waals surface area contributed by atoms with Gasteiger partial charge in [0.25, 0.3) is 0 Å². The van der Waals surface area contributed by atoms with Crippen LogP contribution in [0.15, 0.2) is 0 Å². The first-order valence-corrected chi connectivity index (χ1v) is 5.32. The Morgan fingerprint density at radius 3 is 2.07 bits per heavy atom. The number of hydrogen-bond donors (Lipinski definition) is 5. The van der Waals surface area contributed by atoms with Crippen molar-refractivity contribution in [2.45, 2.75) is 12.1 Å². The number of primary amides is 1. The number of carbonyl (C=O) groups is 2. The van der Waals surface area contributed by atoms with E-state index in [2.05, 4.69) is 35.9 Å². The second kappa shape index (κ2) is 6.97. The van der Waals surface area contributed by atoms with Gasteiger partial charge in [-0.25, -0.2) is 0 Å². The molecule has 5 nitrogen and oxygen atoms in total. The lowest BCUT2D eigenvalue weighted by atomic mass is 10.2. The second-order valence-corrected chi connectivity index (χ2v) is 3.40. The Hall–Kier alpha value is -0.400. The molecule has 2 atom stereocenters. The monoisotopic (exact) mass is 237 g/mol. The van der Waals surface area contributed by atoms with Crippen molar-refractivity contribution in [3.8, 4) is 0 Å². The number of hydrogen-bond acceptors (Lipinski definition) is 5. The molecule has 0 fully saturated rings. The topological polar surface area (TPSA) is 84.2 Å². The van der Waals surface area contributed by atoms with Crippen LogP contribution in [-0.2, 0) is 9.59 Å². The summed E-state index contributed by atoms with van der Waals surface area (Å²) in [6.07, 6.45) is 0. The molecule has 0 spiro atoms. The van der Waals surface area contributed by atoms with Gasteiger partial charge in [-0.2, -0.15) is 25.3 Å². The highest BCUT2D eigenvalue weighted by Gasteiger charge is 2.20. The number of likely N-dealkylation sites (N-methyl/N-ethyl adjacent to an activating group) is 1. The minimum Gasteiger partial charge on any atom is -0.368 e. The van der Waals surface area contributed by atoms with Crippen LogP contribution in [0.5, 0.6) is 0 Å². The average molecular weight is 237 g/mol. The van der Waals surface area contributed by atoms with Crippen LogP contribution in [0.4, 0.5) is 0 Å². The lowest BCUT2D eigenvalue weighted by Gasteiger charge is -2.17. The lowest BCUT2D eigenvalue weighted by molar-refractivity contribution is -0.127. The van der Waals surface area contributed by atoms with Crippen molar-refractivity contribution in [2.75, 3.05) is 18.6 Å². The molecule has 0 saturated heterocycles. The van der Waals surface area contributed by atoms with Crippen LogP contribution in [0.2, 0.25) is 0 Å². The third kappa shape index (κ3) is 4.21. The van der Waals surface area contributed by atoms with Gasteiger partial charge in [0.2, 0.25) is 11.8 Å². The van der Waals surface area contributed by atoms with E-state index < -0.39 is 18.0 Å². The van der Waals surface area contributed by atoms with Gasteiger partial charge < -0.3 is 16.4 Å². The van der Waals surface area contributed by atoms with E-state index in [1.165, 1.54) is 0 Å². The minimum atomic E-state index is -0.735. The highest BCUT2D eigenvalue weighted by atomic mass is 32.1. The van der Waals surface area contributed by atoms with E-state index >= 15 is 0 Å². The van der Waals surface area contributed by atoms with Crippen LogP contribution in [0.3, 0.4) is 0 Å². The molecule has 4 N–H and O–H groups in total. The molecule has 82 valence electrons. The quantitative estimate of drug-likeness (QED) is 0.361. The third-order valence-corrected chi connectivity index (χ3v) is 2.42. The van der Waals surface area contributed by atoms with E-state index in [9.17, 15) is 9.59 Å². The Kier molecular flexibility index (Phi) is 6.77. The molecule has 0 saturated carbocycles. The number of amides is 2. The zero-order valence-corrected chi connectivity index (χ0v) is 9.65. The Bertz CT molecular complexity index is 209. The summed E-state index contributed by atoms with van der Waals surface area (Å²) in [5, 5.41) is 5.22. The van der Waals surface area contributed by atoms with Crippen molar-refractivity contribution in [1.82, 2.24) is 10.6 Å². The maximum Gasteiger partial charge on any atom is 0.240 e. The first kappa shape index (κ1) is 13.6. The summed E-state index contributed by atoms with van der Waals surface area (Å²) in [6, 6.07) is -1.17. The molecule has 0 aliphatic carbocycles. The van der Waals surface area contributed by atoms with Crippen molar-refractivity contribution in [3.63, 3.8) is 0 Å². The fraction of sp³-hybridized carbons (Fsp3) is 0.714. The summed E-state index contributed by atoms with van der Waals surface area (Å²) in [4.78, 5) is 22.2. The van der Waals surface area contributed by atoms with Gasteiger partial charge in [-0.05, 0) is 7.05 Å². The van der Waals surface area contributed by atoms with E-state index in [4.69, 9.17) is 5.73 Å². The summed E-state index contributed by atoms with van der Waals surface area (Å²) in [6.45, 7) is 0. The van der Waals surface area contributed by atoms with Gasteiger partial charge in [0.05, 0.1) is 6.04 Å². The summed E-state index contributed by atoms with van der Waals surface area (Å²) < 4.78 is 0. The summed E-state index contributed by atoms with van der Waals surface area (Å²) in [5.41, 5.74) is 5.04. The maximum absolute atomic E-state index is 11.4. The van der Waals surface area contributed by atoms with E-state index in [-0.39, 0.29) is 11.7 Å². The predicted molar refractivity (Wildman–Crippen MR) is 61.7 cm³/mol. The van der Waals surface area contributed by atoms with E-state index in [0.29, 0.717) is 5.75 Å². The molecule has 0 heterocycles. The van der Waals surface area contributed by atoms with Crippen LogP contribution < -0.4 is 16.4 Å². The molecule has 2 amide bonds. The van der Waals surface area contributed by atoms with Crippen LogP contribution in [0, 0.1) is 0 Å². The third-order valence-electron chi connectivity index (χ3n) is 1.69. The fourth-order valence-electron chi connectivity index (χ4n) is 0.784. The minimum absolute atomic E-state index is 0.185. The summed E-state index contributed by atoms with van der Waals surface area (Å²) in [5.74, 6) is -0.368. The van der Waals surface area contributed by atoms with Gasteiger partial charge >= 0.3 is 0 Å². The fourth-order valence-corrected chi connectivity index (χ4v) is 1.40. The average Bonchev–Trinajstić information content (AvgIpc) is 2.15. The number of nitrogens with one attached hydrogen (secondary N) is 2. The van der Waals surface area contributed by atoms with Crippen molar-refractivity contribution in [2.24, 2.45) is 5.73 Å². The molecule has 0 aliphatic rings. The number of thiol groups is 2. The largest absolute Gasteiger partial charge is 0.368 e. The molecule has 0 aromatic heterocycles. The zero-order valence-electron chi connectivity index (χ0n) is 7.86. The first-order valence-electron chi connectivity index (χ1n) is 4.05. The normalized spacial score (nSPS) is 14.5. The summed E-state index contributed by atoms with van der Waals surface area (Å²) >= 11 is 7.88. The molecule has 0 rings (SSSR count). The number of nitrogens with two attached hydrogens (primary N) is 1. The zero-order chi connectivity index (χ0) is 11.1. The van der Waals surface area contributed by atoms with Crippen molar-refractivity contribution in [1.29, 1.82) is 0 Å². The molecular formula is C7H15N3O2S2. The highest BCUT2D eigenvalue weighted by Crippen LogP contribution is 1.91. The molecule has 0 unspecified atom stereocenters. The van der Waals surface area contributed by atoms with Gasteiger partial charge in [-0.1, -0.05) is 0 Å². The lowest BCUT2D eigenvalue weighted by Crippen LogP contribution is -2.52. The molecule has 0 bridgehead atoms. The van der Waals surface area contributed by atoms with Crippen LogP contribution in [-0.4, -0.2) is 42.5 Å². The van der Waals surface area contributed by atoms with Gasteiger partial charge in [0.15, 0.2) is 0 Å². The summed E-state index contributed by atoms with van der Waals surface area (Å²) in [7, 11) is 1.64. The van der Waals surface area contributed by atoms with Crippen LogP contribution >= 0.6 is 25.3 Å². The molecular weight excluding hydrogens is 222 g/mol. The Balaban J connectivity index is 4.20. The Morgan fingerprint density at radius 1 is 1.29 bits per heavy atom. The molecule has 0 aliphatic heterocycles. The highest BCUT2D eigenvalue weighted by molar-refractivity contribution is 7.80. The standard InChI is InChI=1S/C7H15N3O2S2/c1-9-5(3-14)7(12)10-4(2-13)6(8)11/h4-5,9,13-14H,2-3H2,1H3,(H2,8,11)(H,10,12)/t4-,5-/m1/s1. The van der Waals surface area contributed by atoms with E-state index in [1.807, 2.05) is 0 Å². The van der Waals surface area contributed by atoms with Gasteiger partial charge in [0.1, 0.15) is 6.04 Å². The molecule has 0 radical (unpaired) electrons. The number of rotatable bonds is 6. The SMILES string of the molecule is CN[C@H](CS)C(=O)N[C@H](CS)C(N)=O. The van der Waals surface area contributed by atoms with E-state index in [0.717, 1.165) is 0 Å². The van der Waals surface area contributed by atoms with Crippen molar-refractivity contribution >= 4 is 37.1 Å². The molecule has 14 heavy (non-hydrogen) atoms. The molecule has 0 aromatic carbocycles. The molecule has 0 aromatic rings. The van der Waals surface area contributed by atoms with Gasteiger partial charge in [0, 0.05) is 11.5 Å². The Morgan fingerprint density at radius 2 is 1.79 bits per heavy atom. The second-order valence-electron chi connectivity index (χ2n) is 2.67. The van der Waals surface area contributed by atoms with Gasteiger partial charge in [-0.3, -0.25) is 9.59 Å². The Labute approximate surface area is 94.0 Å². The van der Waals surface area contributed by atoms with Crippen molar-refractivity contribution in [3.05, 3.63) is 0 Å². The first-order chi connectivity index (χ1) is 6.56.